The number of hydrogen-bond donors (Lipinski definition) is 1. The van der Waals surface area contributed by atoms with Crippen LogP contribution in [-0.4, -0.2) is 44.0 Å². The second-order valence-electron chi connectivity index (χ2n) is 9.14. The number of fused-ring (bicyclic) bond motifs is 1. The lowest BCUT2D eigenvalue weighted by Gasteiger charge is -2.26. The standard InChI is InChI=1S/C23H35N5O/c1-15(2)27-13-7-10-21(27)20-14-22-24-16(3)19(17(4)28(22)26-20)11-12-23(29)25-18-8-5-6-9-18/h14-15,18,21H,5-13H2,1-4H3,(H,25,29)/t21-/m0/s1. The summed E-state index contributed by atoms with van der Waals surface area (Å²) in [7, 11) is 0. The number of aryl methyl sites for hydroxylation is 2. The van der Waals surface area contributed by atoms with Gasteiger partial charge in [-0.15, -0.1) is 0 Å². The average Bonchev–Trinajstić information content (AvgIpc) is 3.41. The van der Waals surface area contributed by atoms with Crippen LogP contribution in [0.4, 0.5) is 0 Å². The van der Waals surface area contributed by atoms with Crippen molar-refractivity contribution in [3.8, 4) is 0 Å². The summed E-state index contributed by atoms with van der Waals surface area (Å²) >= 11 is 0. The van der Waals surface area contributed by atoms with Gasteiger partial charge in [-0.2, -0.15) is 5.10 Å². The van der Waals surface area contributed by atoms with Crippen molar-refractivity contribution in [1.82, 2.24) is 24.8 Å². The van der Waals surface area contributed by atoms with E-state index in [2.05, 4.69) is 44.0 Å². The summed E-state index contributed by atoms with van der Waals surface area (Å²) in [6, 6.07) is 3.45. The molecule has 4 rings (SSSR count). The van der Waals surface area contributed by atoms with Crippen molar-refractivity contribution in [2.24, 2.45) is 0 Å². The first-order valence-corrected chi connectivity index (χ1v) is 11.3. The second kappa shape index (κ2) is 8.42. The topological polar surface area (TPSA) is 62.5 Å². The van der Waals surface area contributed by atoms with E-state index in [9.17, 15) is 4.79 Å². The number of aromatic nitrogens is 3. The molecule has 0 bridgehead atoms. The first kappa shape index (κ1) is 20.3. The van der Waals surface area contributed by atoms with Crippen molar-refractivity contribution in [3.63, 3.8) is 0 Å². The molecule has 158 valence electrons. The van der Waals surface area contributed by atoms with Crippen molar-refractivity contribution >= 4 is 11.6 Å². The quantitative estimate of drug-likeness (QED) is 0.803. The Hall–Kier alpha value is -1.95. The fraction of sp³-hybridized carbons (Fsp3) is 0.696. The third kappa shape index (κ3) is 4.18. The maximum atomic E-state index is 12.4. The fourth-order valence-corrected chi connectivity index (χ4v) is 5.20. The Morgan fingerprint density at radius 1 is 1.21 bits per heavy atom. The van der Waals surface area contributed by atoms with Crippen LogP contribution in [0.3, 0.4) is 0 Å². The summed E-state index contributed by atoms with van der Waals surface area (Å²) in [4.78, 5) is 19.7. The molecule has 1 atom stereocenters. The smallest absolute Gasteiger partial charge is 0.220 e. The molecule has 1 aliphatic carbocycles. The van der Waals surface area contributed by atoms with E-state index in [0.717, 1.165) is 60.5 Å². The zero-order chi connectivity index (χ0) is 20.5. The Bertz CT molecular complexity index is 881. The molecule has 6 heteroatoms. The monoisotopic (exact) mass is 397 g/mol. The number of nitrogens with one attached hydrogen (secondary N) is 1. The number of amides is 1. The molecule has 2 aliphatic rings. The highest BCUT2D eigenvalue weighted by Crippen LogP contribution is 2.33. The first-order valence-electron chi connectivity index (χ1n) is 11.3. The van der Waals surface area contributed by atoms with Crippen molar-refractivity contribution < 1.29 is 4.79 Å². The first-order chi connectivity index (χ1) is 13.9. The Labute approximate surface area is 174 Å². The van der Waals surface area contributed by atoms with Crippen molar-refractivity contribution in [2.75, 3.05) is 6.54 Å². The summed E-state index contributed by atoms with van der Waals surface area (Å²) in [5.41, 5.74) is 5.33. The number of carbonyl (C=O) groups excluding carboxylic acids is 1. The SMILES string of the molecule is Cc1nc2cc([C@@H]3CCCN3C(C)C)nn2c(C)c1CCC(=O)NC1CCCC1. The van der Waals surface area contributed by atoms with Crippen LogP contribution in [-0.2, 0) is 11.2 Å². The molecule has 1 aliphatic heterocycles. The molecule has 1 N–H and O–H groups in total. The van der Waals surface area contributed by atoms with Gasteiger partial charge in [0.2, 0.25) is 5.91 Å². The van der Waals surface area contributed by atoms with Gasteiger partial charge in [-0.3, -0.25) is 9.69 Å². The molecule has 3 heterocycles. The van der Waals surface area contributed by atoms with Gasteiger partial charge in [0.25, 0.3) is 0 Å². The van der Waals surface area contributed by atoms with E-state index in [4.69, 9.17) is 10.1 Å². The molecule has 1 saturated heterocycles. The average molecular weight is 398 g/mol. The molecular formula is C23H35N5O. The van der Waals surface area contributed by atoms with E-state index in [1.54, 1.807) is 0 Å². The van der Waals surface area contributed by atoms with Crippen LogP contribution < -0.4 is 5.32 Å². The number of carbonyl (C=O) groups is 1. The zero-order valence-electron chi connectivity index (χ0n) is 18.4. The molecule has 1 saturated carbocycles. The van der Waals surface area contributed by atoms with Gasteiger partial charge in [-0.25, -0.2) is 9.50 Å². The van der Waals surface area contributed by atoms with E-state index in [1.807, 2.05) is 4.52 Å². The van der Waals surface area contributed by atoms with Crippen LogP contribution in [0.5, 0.6) is 0 Å². The molecule has 0 unspecified atom stereocenters. The van der Waals surface area contributed by atoms with E-state index >= 15 is 0 Å². The molecule has 6 nitrogen and oxygen atoms in total. The maximum absolute atomic E-state index is 12.4. The van der Waals surface area contributed by atoms with Gasteiger partial charge in [-0.05, 0) is 71.9 Å². The number of hydrogen-bond acceptors (Lipinski definition) is 4. The zero-order valence-corrected chi connectivity index (χ0v) is 18.4. The van der Waals surface area contributed by atoms with Crippen LogP contribution in [0.25, 0.3) is 5.65 Å². The molecule has 0 spiro atoms. The van der Waals surface area contributed by atoms with Gasteiger partial charge in [0.1, 0.15) is 0 Å². The molecule has 29 heavy (non-hydrogen) atoms. The van der Waals surface area contributed by atoms with Gasteiger partial charge >= 0.3 is 0 Å². The van der Waals surface area contributed by atoms with E-state index in [1.165, 1.54) is 19.3 Å². The van der Waals surface area contributed by atoms with Crippen molar-refractivity contribution in [2.45, 2.75) is 97.2 Å². The number of rotatable bonds is 6. The summed E-state index contributed by atoms with van der Waals surface area (Å²) < 4.78 is 1.99. The summed E-state index contributed by atoms with van der Waals surface area (Å²) in [6.45, 7) is 9.83. The largest absolute Gasteiger partial charge is 0.353 e. The van der Waals surface area contributed by atoms with Crippen molar-refractivity contribution in [1.29, 1.82) is 0 Å². The minimum absolute atomic E-state index is 0.162. The Kier molecular flexibility index (Phi) is 5.91. The van der Waals surface area contributed by atoms with E-state index in [0.29, 0.717) is 24.5 Å². The molecular weight excluding hydrogens is 362 g/mol. The number of nitrogens with zero attached hydrogens (tertiary/aromatic N) is 4. The lowest BCUT2D eigenvalue weighted by molar-refractivity contribution is -0.121. The van der Waals surface area contributed by atoms with Crippen LogP contribution in [0.15, 0.2) is 6.07 Å². The van der Waals surface area contributed by atoms with Crippen LogP contribution >= 0.6 is 0 Å². The Balaban J connectivity index is 1.52. The van der Waals surface area contributed by atoms with Gasteiger partial charge < -0.3 is 5.32 Å². The highest BCUT2D eigenvalue weighted by molar-refractivity contribution is 5.76. The summed E-state index contributed by atoms with van der Waals surface area (Å²) in [5.74, 6) is 0.162. The van der Waals surface area contributed by atoms with Gasteiger partial charge in [0.15, 0.2) is 5.65 Å². The predicted molar refractivity (Wildman–Crippen MR) is 115 cm³/mol. The lowest BCUT2D eigenvalue weighted by Crippen LogP contribution is -2.32. The predicted octanol–water partition coefficient (Wildman–Crippen LogP) is 3.88. The molecule has 0 aromatic carbocycles. The van der Waals surface area contributed by atoms with Gasteiger partial charge in [-0.1, -0.05) is 12.8 Å². The Morgan fingerprint density at radius 2 is 1.97 bits per heavy atom. The molecule has 2 aromatic rings. The fourth-order valence-electron chi connectivity index (χ4n) is 5.20. The molecule has 2 aromatic heterocycles. The van der Waals surface area contributed by atoms with E-state index in [-0.39, 0.29) is 5.91 Å². The Morgan fingerprint density at radius 3 is 2.69 bits per heavy atom. The highest BCUT2D eigenvalue weighted by atomic mass is 16.1. The van der Waals surface area contributed by atoms with Gasteiger partial charge in [0, 0.05) is 36.0 Å². The minimum Gasteiger partial charge on any atom is -0.353 e. The van der Waals surface area contributed by atoms with E-state index < -0.39 is 0 Å². The summed E-state index contributed by atoms with van der Waals surface area (Å²) in [5, 5.41) is 8.15. The molecule has 1 amide bonds. The minimum atomic E-state index is 0.162. The third-order valence-electron chi connectivity index (χ3n) is 6.80. The second-order valence-corrected chi connectivity index (χ2v) is 9.14. The van der Waals surface area contributed by atoms with Crippen LogP contribution in [0, 0.1) is 13.8 Å². The molecule has 2 fully saturated rings. The lowest BCUT2D eigenvalue weighted by atomic mass is 10.1. The van der Waals surface area contributed by atoms with Gasteiger partial charge in [0.05, 0.1) is 11.7 Å². The third-order valence-corrected chi connectivity index (χ3v) is 6.80. The van der Waals surface area contributed by atoms with Crippen LogP contribution in [0.2, 0.25) is 0 Å². The number of likely N-dealkylation sites (tertiary alicyclic amines) is 1. The highest BCUT2D eigenvalue weighted by Gasteiger charge is 2.30. The maximum Gasteiger partial charge on any atom is 0.220 e. The normalized spacial score (nSPS) is 20.9. The van der Waals surface area contributed by atoms with Crippen molar-refractivity contribution in [3.05, 3.63) is 28.7 Å². The molecule has 0 radical (unpaired) electrons. The summed E-state index contributed by atoms with van der Waals surface area (Å²) in [6.07, 6.45) is 8.35. The van der Waals surface area contributed by atoms with Crippen LogP contribution in [0.1, 0.15) is 87.5 Å².